The van der Waals surface area contributed by atoms with Gasteiger partial charge in [-0.25, -0.2) is 0 Å². The Bertz CT molecular complexity index is 255. The van der Waals surface area contributed by atoms with Gasteiger partial charge >= 0.3 is 5.97 Å². The third kappa shape index (κ3) is 5.04. The van der Waals surface area contributed by atoms with Crippen LogP contribution in [-0.2, 0) is 4.79 Å². The zero-order chi connectivity index (χ0) is 13.1. The van der Waals surface area contributed by atoms with Crippen LogP contribution in [-0.4, -0.2) is 46.8 Å². The second-order valence-electron chi connectivity index (χ2n) is 6.09. The molecule has 1 aliphatic carbocycles. The van der Waals surface area contributed by atoms with E-state index in [1.54, 1.807) is 0 Å². The van der Waals surface area contributed by atoms with Crippen molar-refractivity contribution < 1.29 is 15.0 Å². The van der Waals surface area contributed by atoms with E-state index in [9.17, 15) is 9.90 Å². The fourth-order valence-electron chi connectivity index (χ4n) is 2.57. The van der Waals surface area contributed by atoms with Gasteiger partial charge in [0.1, 0.15) is 0 Å². The summed E-state index contributed by atoms with van der Waals surface area (Å²) in [4.78, 5) is 12.6. The van der Waals surface area contributed by atoms with Crippen molar-refractivity contribution in [3.05, 3.63) is 0 Å². The van der Waals surface area contributed by atoms with Crippen LogP contribution < -0.4 is 0 Å². The molecule has 0 amide bonds. The highest BCUT2D eigenvalue weighted by Crippen LogP contribution is 2.36. The minimum Gasteiger partial charge on any atom is -0.481 e. The lowest BCUT2D eigenvalue weighted by molar-refractivity contribution is -0.139. The quantitative estimate of drug-likeness (QED) is 0.772. The monoisotopic (exact) mass is 243 g/mol. The van der Waals surface area contributed by atoms with Gasteiger partial charge in [-0.15, -0.1) is 0 Å². The average molecular weight is 243 g/mol. The van der Waals surface area contributed by atoms with E-state index >= 15 is 0 Å². The Morgan fingerprint density at radius 2 is 1.94 bits per heavy atom. The van der Waals surface area contributed by atoms with Crippen molar-refractivity contribution in [2.75, 3.05) is 13.6 Å². The van der Waals surface area contributed by atoms with Crippen LogP contribution in [0.3, 0.4) is 0 Å². The first-order valence-electron chi connectivity index (χ1n) is 6.40. The summed E-state index contributed by atoms with van der Waals surface area (Å²) < 4.78 is 0. The fourth-order valence-corrected chi connectivity index (χ4v) is 2.57. The van der Waals surface area contributed by atoms with E-state index in [1.165, 1.54) is 12.8 Å². The Balaban J connectivity index is 2.33. The molecule has 4 nitrogen and oxygen atoms in total. The van der Waals surface area contributed by atoms with Gasteiger partial charge in [0, 0.05) is 12.6 Å². The molecule has 2 N–H and O–H groups in total. The molecular formula is C13H25NO3. The Morgan fingerprint density at radius 3 is 2.41 bits per heavy atom. The molecule has 0 aliphatic heterocycles. The highest BCUT2D eigenvalue weighted by Gasteiger charge is 2.29. The maximum Gasteiger partial charge on any atom is 0.306 e. The number of rotatable bonds is 5. The van der Waals surface area contributed by atoms with Gasteiger partial charge < -0.3 is 15.1 Å². The van der Waals surface area contributed by atoms with Crippen LogP contribution in [0.5, 0.6) is 0 Å². The lowest BCUT2D eigenvalue weighted by atomic mass is 9.75. The van der Waals surface area contributed by atoms with E-state index in [2.05, 4.69) is 18.7 Å². The average Bonchev–Trinajstić information content (AvgIpc) is 2.15. The summed E-state index contributed by atoms with van der Waals surface area (Å²) in [6.07, 6.45) is 3.77. The number of aliphatic hydroxyl groups is 1. The topological polar surface area (TPSA) is 60.8 Å². The molecule has 1 atom stereocenters. The van der Waals surface area contributed by atoms with Crippen molar-refractivity contribution in [1.82, 2.24) is 4.90 Å². The summed E-state index contributed by atoms with van der Waals surface area (Å²) in [5.74, 6) is -0.935. The molecule has 0 aromatic rings. The summed E-state index contributed by atoms with van der Waals surface area (Å²) in [7, 11) is 1.98. The van der Waals surface area contributed by atoms with Crippen LogP contribution in [0, 0.1) is 5.41 Å². The number of hydrogen-bond acceptors (Lipinski definition) is 3. The Hall–Kier alpha value is -0.610. The molecule has 0 aromatic carbocycles. The van der Waals surface area contributed by atoms with Crippen molar-refractivity contribution >= 4 is 5.97 Å². The van der Waals surface area contributed by atoms with Crippen LogP contribution in [0.15, 0.2) is 0 Å². The summed E-state index contributed by atoms with van der Waals surface area (Å²) in [5.41, 5.74) is 0.441. The molecule has 0 radical (unpaired) electrons. The number of hydrogen-bond donors (Lipinski definition) is 2. The first-order valence-corrected chi connectivity index (χ1v) is 6.40. The number of carboxylic acids is 1. The molecule has 0 spiro atoms. The molecular weight excluding hydrogens is 218 g/mol. The maximum absolute atomic E-state index is 10.5. The molecule has 1 fully saturated rings. The second-order valence-corrected chi connectivity index (χ2v) is 6.09. The van der Waals surface area contributed by atoms with E-state index < -0.39 is 12.1 Å². The van der Waals surface area contributed by atoms with Crippen LogP contribution >= 0.6 is 0 Å². The van der Waals surface area contributed by atoms with Crippen LogP contribution in [0.4, 0.5) is 0 Å². The largest absolute Gasteiger partial charge is 0.481 e. The molecule has 17 heavy (non-hydrogen) atoms. The van der Waals surface area contributed by atoms with Crippen molar-refractivity contribution in [3.63, 3.8) is 0 Å². The second kappa shape index (κ2) is 5.83. The standard InChI is InChI=1S/C13H25NO3/c1-13(2)6-4-10(5-7-13)14(3)9-11(15)8-12(16)17/h10-11,15H,4-9H2,1-3H3,(H,16,17). The Labute approximate surface area is 104 Å². The minimum absolute atomic E-state index is 0.164. The third-order valence-electron chi connectivity index (χ3n) is 3.84. The first-order chi connectivity index (χ1) is 7.80. The molecule has 0 heterocycles. The van der Waals surface area contributed by atoms with E-state index in [0.29, 0.717) is 18.0 Å². The SMILES string of the molecule is CN(CC(O)CC(=O)O)C1CCC(C)(C)CC1. The van der Waals surface area contributed by atoms with Crippen molar-refractivity contribution in [1.29, 1.82) is 0 Å². The van der Waals surface area contributed by atoms with Gasteiger partial charge in [0.05, 0.1) is 12.5 Å². The van der Waals surface area contributed by atoms with Gasteiger partial charge in [-0.1, -0.05) is 13.8 Å². The first kappa shape index (κ1) is 14.5. The van der Waals surface area contributed by atoms with E-state index in [-0.39, 0.29) is 6.42 Å². The fraction of sp³-hybridized carbons (Fsp3) is 0.923. The predicted molar refractivity (Wildman–Crippen MR) is 66.9 cm³/mol. The van der Waals surface area contributed by atoms with Crippen molar-refractivity contribution in [3.8, 4) is 0 Å². The lowest BCUT2D eigenvalue weighted by Gasteiger charge is -2.39. The van der Waals surface area contributed by atoms with Crippen LogP contribution in [0.1, 0.15) is 46.0 Å². The molecule has 0 saturated heterocycles. The zero-order valence-electron chi connectivity index (χ0n) is 11.1. The number of likely N-dealkylation sites (N-methyl/N-ethyl adjacent to an activating group) is 1. The van der Waals surface area contributed by atoms with Gasteiger partial charge in [-0.3, -0.25) is 4.79 Å². The number of aliphatic carboxylic acids is 1. The molecule has 0 aromatic heterocycles. The highest BCUT2D eigenvalue weighted by molar-refractivity contribution is 5.67. The van der Waals surface area contributed by atoms with Gasteiger partial charge in [0.2, 0.25) is 0 Å². The number of carboxylic acid groups (broad SMARTS) is 1. The van der Waals surface area contributed by atoms with E-state index in [4.69, 9.17) is 5.11 Å². The molecule has 0 bridgehead atoms. The van der Waals surface area contributed by atoms with Gasteiger partial charge in [0.15, 0.2) is 0 Å². The molecule has 100 valence electrons. The van der Waals surface area contributed by atoms with Crippen LogP contribution in [0.2, 0.25) is 0 Å². The molecule has 4 heteroatoms. The van der Waals surface area contributed by atoms with E-state index in [1.807, 2.05) is 7.05 Å². The number of aliphatic hydroxyl groups excluding tert-OH is 1. The van der Waals surface area contributed by atoms with Gasteiger partial charge in [0.25, 0.3) is 0 Å². The highest BCUT2D eigenvalue weighted by atomic mass is 16.4. The molecule has 1 rings (SSSR count). The van der Waals surface area contributed by atoms with E-state index in [0.717, 1.165) is 12.8 Å². The third-order valence-corrected chi connectivity index (χ3v) is 3.84. The summed E-state index contributed by atoms with van der Waals surface area (Å²) in [6, 6.07) is 0.492. The minimum atomic E-state index is -0.935. The summed E-state index contributed by atoms with van der Waals surface area (Å²) in [6.45, 7) is 5.04. The lowest BCUT2D eigenvalue weighted by Crippen LogP contribution is -2.41. The van der Waals surface area contributed by atoms with Gasteiger partial charge in [-0.2, -0.15) is 0 Å². The molecule has 1 aliphatic rings. The Morgan fingerprint density at radius 1 is 1.41 bits per heavy atom. The van der Waals surface area contributed by atoms with Crippen LogP contribution in [0.25, 0.3) is 0 Å². The summed E-state index contributed by atoms with van der Waals surface area (Å²) >= 11 is 0. The number of carbonyl (C=O) groups is 1. The molecule has 1 unspecified atom stereocenters. The van der Waals surface area contributed by atoms with Crippen molar-refractivity contribution in [2.24, 2.45) is 5.41 Å². The normalized spacial score (nSPS) is 22.6. The Kier molecular flexibility index (Phi) is 4.95. The predicted octanol–water partition coefficient (Wildman–Crippen LogP) is 1.72. The molecule has 1 saturated carbocycles. The smallest absolute Gasteiger partial charge is 0.306 e. The van der Waals surface area contributed by atoms with Crippen molar-refractivity contribution in [2.45, 2.75) is 58.1 Å². The number of nitrogens with zero attached hydrogens (tertiary/aromatic N) is 1. The zero-order valence-corrected chi connectivity index (χ0v) is 11.1. The van der Waals surface area contributed by atoms with Gasteiger partial charge in [-0.05, 0) is 38.1 Å². The maximum atomic E-state index is 10.5. The summed E-state index contributed by atoms with van der Waals surface area (Å²) in [5, 5.41) is 18.2.